The highest BCUT2D eigenvalue weighted by molar-refractivity contribution is 5.78. The van der Waals surface area contributed by atoms with Gasteiger partial charge >= 0.3 is 5.97 Å². The number of carbonyl (C=O) groups is 2. The largest absolute Gasteiger partial charge is 0.465 e. The predicted octanol–water partition coefficient (Wildman–Crippen LogP) is 1.14. The van der Waals surface area contributed by atoms with Crippen LogP contribution in [-0.2, 0) is 31.1 Å². The summed E-state index contributed by atoms with van der Waals surface area (Å²) in [6.07, 6.45) is 6.12. The van der Waals surface area contributed by atoms with E-state index < -0.39 is 0 Å². The van der Waals surface area contributed by atoms with Crippen molar-refractivity contribution >= 4 is 11.9 Å². The topological polar surface area (TPSA) is 84.5 Å². The molecule has 7 heteroatoms. The van der Waals surface area contributed by atoms with Gasteiger partial charge in [0.1, 0.15) is 5.60 Å². The van der Waals surface area contributed by atoms with Gasteiger partial charge in [-0.3, -0.25) is 14.7 Å². The molecule has 1 atom stereocenters. The van der Waals surface area contributed by atoms with Crippen molar-refractivity contribution in [1.82, 2.24) is 15.1 Å². The summed E-state index contributed by atoms with van der Waals surface area (Å²) in [5.41, 5.74) is 2.02. The third kappa shape index (κ3) is 2.70. The first kappa shape index (κ1) is 15.6. The van der Waals surface area contributed by atoms with Gasteiger partial charge in [-0.15, -0.1) is 0 Å². The molecule has 0 saturated carbocycles. The third-order valence-electron chi connectivity index (χ3n) is 5.60. The van der Waals surface area contributed by atoms with Crippen LogP contribution < -0.4 is 0 Å². The quantitative estimate of drug-likeness (QED) is 0.839. The Morgan fingerprint density at radius 2 is 2.21 bits per heavy atom. The summed E-state index contributed by atoms with van der Waals surface area (Å²) in [6.45, 7) is 2.58. The van der Waals surface area contributed by atoms with Crippen LogP contribution in [0.2, 0.25) is 0 Å². The fourth-order valence-corrected chi connectivity index (χ4v) is 4.09. The molecule has 1 spiro atoms. The molecule has 4 heterocycles. The van der Waals surface area contributed by atoms with E-state index in [4.69, 9.17) is 9.47 Å². The molecular weight excluding hydrogens is 310 g/mol. The minimum absolute atomic E-state index is 0.0979. The van der Waals surface area contributed by atoms with E-state index in [1.54, 1.807) is 0 Å². The minimum Gasteiger partial charge on any atom is -0.465 e. The molecule has 0 bridgehead atoms. The summed E-state index contributed by atoms with van der Waals surface area (Å²) >= 11 is 0. The molecule has 1 aromatic heterocycles. The average Bonchev–Trinajstić information content (AvgIpc) is 3.23. The summed E-state index contributed by atoms with van der Waals surface area (Å²) in [4.78, 5) is 25.8. The van der Waals surface area contributed by atoms with Crippen molar-refractivity contribution in [3.05, 3.63) is 17.5 Å². The predicted molar refractivity (Wildman–Crippen MR) is 84.0 cm³/mol. The molecule has 24 heavy (non-hydrogen) atoms. The van der Waals surface area contributed by atoms with Crippen molar-refractivity contribution in [3.63, 3.8) is 0 Å². The second-order valence-electron chi connectivity index (χ2n) is 6.94. The van der Waals surface area contributed by atoms with Crippen LogP contribution in [0.3, 0.4) is 0 Å². The molecule has 1 aromatic rings. The van der Waals surface area contributed by atoms with E-state index in [0.29, 0.717) is 39.1 Å². The Balaban J connectivity index is 1.33. The number of aromatic amines is 1. The van der Waals surface area contributed by atoms with Gasteiger partial charge in [-0.05, 0) is 37.7 Å². The second-order valence-corrected chi connectivity index (χ2v) is 6.94. The van der Waals surface area contributed by atoms with E-state index >= 15 is 0 Å². The number of hydrogen-bond acceptors (Lipinski definition) is 5. The molecule has 130 valence electrons. The van der Waals surface area contributed by atoms with Crippen LogP contribution in [0, 0.1) is 5.92 Å². The van der Waals surface area contributed by atoms with Gasteiger partial charge in [-0.1, -0.05) is 0 Å². The number of nitrogens with zero attached hydrogens (tertiary/aromatic N) is 2. The number of likely N-dealkylation sites (tertiary alicyclic amines) is 1. The first-order valence-electron chi connectivity index (χ1n) is 8.79. The lowest BCUT2D eigenvalue weighted by Crippen LogP contribution is -2.48. The molecule has 4 rings (SSSR count). The van der Waals surface area contributed by atoms with Crippen LogP contribution >= 0.6 is 0 Å². The van der Waals surface area contributed by atoms with Crippen molar-refractivity contribution in [2.24, 2.45) is 5.92 Å². The summed E-state index contributed by atoms with van der Waals surface area (Å²) < 4.78 is 11.1. The van der Waals surface area contributed by atoms with E-state index in [9.17, 15) is 9.59 Å². The number of ether oxygens (including phenoxy) is 2. The zero-order valence-corrected chi connectivity index (χ0v) is 13.8. The Hall–Kier alpha value is -1.89. The fourth-order valence-electron chi connectivity index (χ4n) is 4.09. The van der Waals surface area contributed by atoms with Crippen LogP contribution in [0.4, 0.5) is 0 Å². The number of amides is 1. The first-order valence-corrected chi connectivity index (χ1v) is 8.79. The third-order valence-corrected chi connectivity index (χ3v) is 5.60. The number of fused-ring (bicyclic) bond motifs is 2. The van der Waals surface area contributed by atoms with Gasteiger partial charge in [-0.25, -0.2) is 0 Å². The van der Waals surface area contributed by atoms with Crippen molar-refractivity contribution in [2.45, 2.75) is 44.1 Å². The molecule has 0 radical (unpaired) electrons. The molecule has 3 aliphatic heterocycles. The van der Waals surface area contributed by atoms with Crippen LogP contribution in [0.25, 0.3) is 0 Å². The Morgan fingerprint density at radius 1 is 1.38 bits per heavy atom. The monoisotopic (exact) mass is 333 g/mol. The molecule has 1 unspecified atom stereocenters. The normalized spacial score (nSPS) is 25.6. The zero-order valence-electron chi connectivity index (χ0n) is 13.8. The first-order chi connectivity index (χ1) is 11.7. The number of nitrogens with one attached hydrogen (secondary N) is 1. The van der Waals surface area contributed by atoms with E-state index in [0.717, 1.165) is 31.4 Å². The van der Waals surface area contributed by atoms with Crippen molar-refractivity contribution in [3.8, 4) is 0 Å². The zero-order chi connectivity index (χ0) is 16.6. The van der Waals surface area contributed by atoms with Crippen LogP contribution in [0.5, 0.6) is 0 Å². The number of H-pyrrole nitrogens is 1. The second kappa shape index (κ2) is 6.20. The number of rotatable bonds is 3. The molecule has 3 aliphatic rings. The van der Waals surface area contributed by atoms with Crippen LogP contribution in [-0.4, -0.2) is 53.3 Å². The maximum Gasteiger partial charge on any atom is 0.309 e. The van der Waals surface area contributed by atoms with Gasteiger partial charge in [-0.2, -0.15) is 5.10 Å². The summed E-state index contributed by atoms with van der Waals surface area (Å²) in [6, 6.07) is 0. The van der Waals surface area contributed by atoms with Crippen molar-refractivity contribution < 1.29 is 19.1 Å². The van der Waals surface area contributed by atoms with Crippen molar-refractivity contribution in [2.75, 3.05) is 26.3 Å². The summed E-state index contributed by atoms with van der Waals surface area (Å²) in [5, 5.41) is 7.26. The van der Waals surface area contributed by atoms with Gasteiger partial charge in [0.2, 0.25) is 5.91 Å². The lowest BCUT2D eigenvalue weighted by Gasteiger charge is -2.43. The number of carbonyl (C=O) groups excluding carboxylic acids is 2. The number of piperidine rings is 1. The minimum atomic E-state index is -0.309. The average molecular weight is 333 g/mol. The molecule has 2 saturated heterocycles. The standard InChI is InChI=1S/C17H23N3O4/c21-14(2-1-12-3-9-23-16(12)22)20-7-5-17(6-8-20)15-13(4-10-24-17)11-18-19-15/h11-12H,1-10H2,(H,18,19). The number of hydrogen-bond donors (Lipinski definition) is 1. The van der Waals surface area contributed by atoms with E-state index in [1.807, 2.05) is 11.1 Å². The highest BCUT2D eigenvalue weighted by Gasteiger charge is 2.43. The summed E-state index contributed by atoms with van der Waals surface area (Å²) in [5.74, 6) is -0.118. The Kier molecular flexibility index (Phi) is 4.04. The highest BCUT2D eigenvalue weighted by atomic mass is 16.5. The maximum atomic E-state index is 12.4. The number of cyclic esters (lactones) is 1. The molecule has 0 aliphatic carbocycles. The number of esters is 1. The Morgan fingerprint density at radius 3 is 2.96 bits per heavy atom. The Bertz CT molecular complexity index is 634. The lowest BCUT2D eigenvalue weighted by molar-refractivity contribution is -0.143. The van der Waals surface area contributed by atoms with Gasteiger partial charge in [0.05, 0.1) is 31.0 Å². The fraction of sp³-hybridized carbons (Fsp3) is 0.706. The lowest BCUT2D eigenvalue weighted by atomic mass is 9.83. The van der Waals surface area contributed by atoms with Crippen LogP contribution in [0.15, 0.2) is 6.20 Å². The number of aromatic nitrogens is 2. The molecule has 0 aromatic carbocycles. The smallest absolute Gasteiger partial charge is 0.309 e. The van der Waals surface area contributed by atoms with Gasteiger partial charge in [0, 0.05) is 19.5 Å². The molecule has 7 nitrogen and oxygen atoms in total. The Labute approximate surface area is 140 Å². The van der Waals surface area contributed by atoms with Gasteiger partial charge in [0.15, 0.2) is 0 Å². The molecule has 1 N–H and O–H groups in total. The highest BCUT2D eigenvalue weighted by Crippen LogP contribution is 2.40. The summed E-state index contributed by atoms with van der Waals surface area (Å²) in [7, 11) is 0. The van der Waals surface area contributed by atoms with Crippen LogP contribution in [0.1, 0.15) is 43.4 Å². The SMILES string of the molecule is O=C1OCCC1CCC(=O)N1CCC2(CC1)OCCc1cn[nH]c12. The molecule has 2 fully saturated rings. The van der Waals surface area contributed by atoms with Gasteiger partial charge < -0.3 is 14.4 Å². The van der Waals surface area contributed by atoms with E-state index in [1.165, 1.54) is 5.56 Å². The maximum absolute atomic E-state index is 12.4. The van der Waals surface area contributed by atoms with Gasteiger partial charge in [0.25, 0.3) is 0 Å². The van der Waals surface area contributed by atoms with E-state index in [-0.39, 0.29) is 23.4 Å². The molecular formula is C17H23N3O4. The molecule has 1 amide bonds. The van der Waals surface area contributed by atoms with Crippen molar-refractivity contribution in [1.29, 1.82) is 0 Å². The van der Waals surface area contributed by atoms with E-state index in [2.05, 4.69) is 10.2 Å².